The molecule has 1 aliphatic heterocycles. The van der Waals surface area contributed by atoms with Gasteiger partial charge < -0.3 is 19.7 Å². The first-order chi connectivity index (χ1) is 16.7. The number of phenolic OH excluding ortho intramolecular Hbond substituents is 1. The summed E-state index contributed by atoms with van der Waals surface area (Å²) in [6.07, 6.45) is -0.0212. The number of methoxy groups -OCH3 is 1. The molecular formula is C28H27NO6. The molecular weight excluding hydrogens is 446 g/mol. The third-order valence-corrected chi connectivity index (χ3v) is 5.77. The van der Waals surface area contributed by atoms with Crippen molar-refractivity contribution in [3.05, 3.63) is 89.0 Å². The maximum Gasteiger partial charge on any atom is 0.300 e. The number of anilines is 1. The zero-order valence-electron chi connectivity index (χ0n) is 20.0. The highest BCUT2D eigenvalue weighted by Crippen LogP contribution is 2.43. The number of aliphatic hydroxyl groups is 1. The summed E-state index contributed by atoms with van der Waals surface area (Å²) in [6.45, 7) is 5.68. The number of benzene rings is 3. The SMILES string of the molecule is COc1cccc(N2C(=O)C(=O)/C(=C(\O)c3ccc(OC(C)C)c(C)c3)C2c2cccc(O)c2)c1. The molecule has 1 unspecified atom stereocenters. The van der Waals surface area contributed by atoms with Crippen molar-refractivity contribution < 1.29 is 29.3 Å². The summed E-state index contributed by atoms with van der Waals surface area (Å²) in [5.74, 6) is -0.761. The Hall–Kier alpha value is -4.26. The smallest absolute Gasteiger partial charge is 0.300 e. The minimum absolute atomic E-state index is 0.0212. The first kappa shape index (κ1) is 23.9. The topological polar surface area (TPSA) is 96.3 Å². The van der Waals surface area contributed by atoms with E-state index < -0.39 is 17.7 Å². The second-order valence-electron chi connectivity index (χ2n) is 8.61. The number of Topliss-reactive ketones (excluding diaryl/α,β-unsaturated/α-hetero) is 1. The number of aliphatic hydroxyl groups excluding tert-OH is 1. The summed E-state index contributed by atoms with van der Waals surface area (Å²) in [5, 5.41) is 21.4. The van der Waals surface area contributed by atoms with Crippen molar-refractivity contribution in [1.29, 1.82) is 0 Å². The first-order valence-electron chi connectivity index (χ1n) is 11.2. The Kier molecular flexibility index (Phi) is 6.51. The van der Waals surface area contributed by atoms with Gasteiger partial charge in [0.25, 0.3) is 11.7 Å². The van der Waals surface area contributed by atoms with Gasteiger partial charge in [-0.3, -0.25) is 14.5 Å². The molecule has 7 heteroatoms. The Bertz CT molecular complexity index is 1330. The molecule has 1 fully saturated rings. The zero-order chi connectivity index (χ0) is 25.3. The van der Waals surface area contributed by atoms with Gasteiger partial charge in [0.2, 0.25) is 0 Å². The van der Waals surface area contributed by atoms with Crippen LogP contribution in [0.5, 0.6) is 17.2 Å². The van der Waals surface area contributed by atoms with Crippen molar-refractivity contribution in [2.24, 2.45) is 0 Å². The average molecular weight is 474 g/mol. The predicted molar refractivity (Wildman–Crippen MR) is 133 cm³/mol. The fourth-order valence-corrected chi connectivity index (χ4v) is 4.21. The van der Waals surface area contributed by atoms with E-state index in [0.717, 1.165) is 5.56 Å². The molecule has 1 saturated heterocycles. The van der Waals surface area contributed by atoms with Gasteiger partial charge in [0.1, 0.15) is 23.0 Å². The molecule has 4 rings (SSSR count). The summed E-state index contributed by atoms with van der Waals surface area (Å²) in [5.41, 5.74) is 1.99. The van der Waals surface area contributed by atoms with Crippen LogP contribution in [0, 0.1) is 6.92 Å². The minimum atomic E-state index is -0.957. The quantitative estimate of drug-likeness (QED) is 0.293. The molecule has 0 aromatic heterocycles. The van der Waals surface area contributed by atoms with Crippen LogP contribution in [0.4, 0.5) is 5.69 Å². The normalized spacial score (nSPS) is 17.2. The molecule has 35 heavy (non-hydrogen) atoms. The predicted octanol–water partition coefficient (Wildman–Crippen LogP) is 5.12. The molecule has 2 N–H and O–H groups in total. The van der Waals surface area contributed by atoms with Crippen LogP contribution in [0.25, 0.3) is 5.76 Å². The lowest BCUT2D eigenvalue weighted by Gasteiger charge is -2.26. The molecule has 1 aliphatic rings. The van der Waals surface area contributed by atoms with E-state index in [0.29, 0.717) is 28.3 Å². The van der Waals surface area contributed by atoms with Gasteiger partial charge in [-0.1, -0.05) is 18.2 Å². The molecule has 1 atom stereocenters. The molecule has 3 aromatic rings. The van der Waals surface area contributed by atoms with E-state index in [1.54, 1.807) is 54.6 Å². The lowest BCUT2D eigenvalue weighted by molar-refractivity contribution is -0.132. The maximum atomic E-state index is 13.3. The molecule has 0 saturated carbocycles. The number of rotatable bonds is 6. The second-order valence-corrected chi connectivity index (χ2v) is 8.61. The number of aryl methyl sites for hydroxylation is 1. The maximum absolute atomic E-state index is 13.3. The van der Waals surface area contributed by atoms with Gasteiger partial charge in [0.15, 0.2) is 0 Å². The molecule has 1 amide bonds. The second kappa shape index (κ2) is 9.54. The van der Waals surface area contributed by atoms with Gasteiger partial charge in [-0.2, -0.15) is 0 Å². The Morgan fingerprint density at radius 1 is 1.00 bits per heavy atom. The summed E-state index contributed by atoms with van der Waals surface area (Å²) >= 11 is 0. The summed E-state index contributed by atoms with van der Waals surface area (Å²) in [6, 6.07) is 17.2. The monoisotopic (exact) mass is 473 g/mol. The van der Waals surface area contributed by atoms with Crippen LogP contribution in [-0.2, 0) is 9.59 Å². The van der Waals surface area contributed by atoms with Gasteiger partial charge in [-0.15, -0.1) is 0 Å². The number of amides is 1. The van der Waals surface area contributed by atoms with Crippen LogP contribution in [-0.4, -0.2) is 35.1 Å². The van der Waals surface area contributed by atoms with Gasteiger partial charge in [-0.25, -0.2) is 0 Å². The summed E-state index contributed by atoms with van der Waals surface area (Å²) in [4.78, 5) is 27.9. The molecule has 0 bridgehead atoms. The highest BCUT2D eigenvalue weighted by Gasteiger charge is 2.47. The Morgan fingerprint density at radius 2 is 1.74 bits per heavy atom. The zero-order valence-corrected chi connectivity index (χ0v) is 20.0. The van der Waals surface area contributed by atoms with Crippen molar-refractivity contribution >= 4 is 23.1 Å². The van der Waals surface area contributed by atoms with Crippen molar-refractivity contribution in [3.8, 4) is 17.2 Å². The average Bonchev–Trinajstić information content (AvgIpc) is 3.10. The van der Waals surface area contributed by atoms with Gasteiger partial charge in [0, 0.05) is 17.3 Å². The molecule has 1 heterocycles. The van der Waals surface area contributed by atoms with Crippen molar-refractivity contribution in [2.45, 2.75) is 32.9 Å². The van der Waals surface area contributed by atoms with Crippen LogP contribution < -0.4 is 14.4 Å². The summed E-state index contributed by atoms with van der Waals surface area (Å²) in [7, 11) is 1.51. The van der Waals surface area contributed by atoms with Gasteiger partial charge in [0.05, 0.1) is 24.8 Å². The minimum Gasteiger partial charge on any atom is -0.508 e. The van der Waals surface area contributed by atoms with Crippen LogP contribution in [0.1, 0.15) is 36.6 Å². The third kappa shape index (κ3) is 4.57. The van der Waals surface area contributed by atoms with E-state index in [9.17, 15) is 19.8 Å². The van der Waals surface area contributed by atoms with Crippen LogP contribution in [0.15, 0.2) is 72.3 Å². The fraction of sp³-hybridized carbons (Fsp3) is 0.214. The lowest BCUT2D eigenvalue weighted by atomic mass is 9.94. The number of carbonyl (C=O) groups excluding carboxylic acids is 2. The standard InChI is InChI=1S/C28H27NO6/c1-16(2)35-23-12-11-19(13-17(23)3)26(31)24-25(18-7-5-9-21(30)14-18)29(28(33)27(24)32)20-8-6-10-22(15-20)34-4/h5-16,25,30-31H,1-4H3/b26-24-. The highest BCUT2D eigenvalue weighted by atomic mass is 16.5. The van der Waals surface area contributed by atoms with E-state index in [1.807, 2.05) is 20.8 Å². The number of nitrogens with zero attached hydrogens (tertiary/aromatic N) is 1. The van der Waals surface area contributed by atoms with Crippen LogP contribution in [0.2, 0.25) is 0 Å². The number of aromatic hydroxyl groups is 1. The number of ketones is 1. The molecule has 0 radical (unpaired) electrons. The lowest BCUT2D eigenvalue weighted by Crippen LogP contribution is -2.29. The van der Waals surface area contributed by atoms with Crippen LogP contribution in [0.3, 0.4) is 0 Å². The number of phenols is 1. The van der Waals surface area contributed by atoms with E-state index in [4.69, 9.17) is 9.47 Å². The summed E-state index contributed by atoms with van der Waals surface area (Å²) < 4.78 is 11.1. The van der Waals surface area contributed by atoms with Gasteiger partial charge >= 0.3 is 0 Å². The van der Waals surface area contributed by atoms with Crippen LogP contribution >= 0.6 is 0 Å². The molecule has 7 nitrogen and oxygen atoms in total. The van der Waals surface area contributed by atoms with Gasteiger partial charge in [-0.05, 0) is 74.4 Å². The Balaban J connectivity index is 1.90. The Morgan fingerprint density at radius 3 is 2.40 bits per heavy atom. The molecule has 0 aliphatic carbocycles. The van der Waals surface area contributed by atoms with E-state index in [-0.39, 0.29) is 23.2 Å². The van der Waals surface area contributed by atoms with Crippen molar-refractivity contribution in [2.75, 3.05) is 12.0 Å². The van der Waals surface area contributed by atoms with Crippen molar-refractivity contribution in [1.82, 2.24) is 0 Å². The number of carbonyl (C=O) groups is 2. The number of hydrogen-bond acceptors (Lipinski definition) is 6. The van der Waals surface area contributed by atoms with Crippen molar-refractivity contribution in [3.63, 3.8) is 0 Å². The number of ether oxygens (including phenoxy) is 2. The molecule has 180 valence electrons. The van der Waals surface area contributed by atoms with E-state index in [2.05, 4.69) is 0 Å². The number of hydrogen-bond donors (Lipinski definition) is 2. The highest BCUT2D eigenvalue weighted by molar-refractivity contribution is 6.51. The molecule has 3 aromatic carbocycles. The van der Waals surface area contributed by atoms with E-state index in [1.165, 1.54) is 24.1 Å². The third-order valence-electron chi connectivity index (χ3n) is 5.77. The Labute approximate surface area is 203 Å². The largest absolute Gasteiger partial charge is 0.508 e. The van der Waals surface area contributed by atoms with E-state index >= 15 is 0 Å². The fourth-order valence-electron chi connectivity index (χ4n) is 4.21. The first-order valence-corrected chi connectivity index (χ1v) is 11.2. The molecule has 0 spiro atoms.